The van der Waals surface area contributed by atoms with Crippen molar-refractivity contribution in [2.45, 2.75) is 6.61 Å². The highest BCUT2D eigenvalue weighted by Gasteiger charge is 2.13. The van der Waals surface area contributed by atoms with Crippen molar-refractivity contribution in [1.29, 1.82) is 0 Å². The van der Waals surface area contributed by atoms with E-state index in [-0.39, 0.29) is 5.91 Å². The predicted molar refractivity (Wildman–Crippen MR) is 108 cm³/mol. The molecule has 0 aliphatic heterocycles. The lowest BCUT2D eigenvalue weighted by Crippen LogP contribution is -2.12. The molecule has 1 amide bonds. The molecule has 0 unspecified atom stereocenters. The van der Waals surface area contributed by atoms with Crippen LogP contribution in [0.25, 0.3) is 0 Å². The molecule has 27 heavy (non-hydrogen) atoms. The Morgan fingerprint density at radius 1 is 0.963 bits per heavy atom. The van der Waals surface area contributed by atoms with E-state index in [0.29, 0.717) is 39.4 Å². The number of hydrogen-bond donors (Lipinski definition) is 1. The van der Waals surface area contributed by atoms with Crippen molar-refractivity contribution in [3.8, 4) is 11.5 Å². The monoisotopic (exact) mass is 401 g/mol. The predicted octanol–water partition coefficient (Wildman–Crippen LogP) is 5.83. The van der Waals surface area contributed by atoms with Crippen LogP contribution in [0.5, 0.6) is 11.5 Å². The molecule has 0 bridgehead atoms. The van der Waals surface area contributed by atoms with Gasteiger partial charge in [-0.3, -0.25) is 4.79 Å². The molecule has 0 aliphatic carbocycles. The maximum atomic E-state index is 12.6. The molecule has 0 aromatic heterocycles. The summed E-state index contributed by atoms with van der Waals surface area (Å²) in [5.41, 5.74) is 1.87. The van der Waals surface area contributed by atoms with Gasteiger partial charge in [0.15, 0.2) is 11.5 Å². The highest BCUT2D eigenvalue weighted by Crippen LogP contribution is 2.30. The van der Waals surface area contributed by atoms with E-state index < -0.39 is 0 Å². The van der Waals surface area contributed by atoms with Crippen LogP contribution >= 0.6 is 23.2 Å². The molecule has 0 aliphatic rings. The second-order valence-corrected chi connectivity index (χ2v) is 6.56. The Bertz CT molecular complexity index is 945. The zero-order valence-corrected chi connectivity index (χ0v) is 16.1. The van der Waals surface area contributed by atoms with Crippen LogP contribution in [0.2, 0.25) is 10.0 Å². The van der Waals surface area contributed by atoms with Crippen LogP contribution in [-0.2, 0) is 6.61 Å². The molecule has 0 heterocycles. The van der Waals surface area contributed by atoms with Crippen molar-refractivity contribution < 1.29 is 14.3 Å². The Morgan fingerprint density at radius 3 is 2.48 bits per heavy atom. The van der Waals surface area contributed by atoms with Gasteiger partial charge >= 0.3 is 0 Å². The van der Waals surface area contributed by atoms with Crippen LogP contribution in [-0.4, -0.2) is 13.0 Å². The molecule has 3 aromatic rings. The zero-order valence-electron chi connectivity index (χ0n) is 14.5. The molecule has 3 rings (SSSR count). The largest absolute Gasteiger partial charge is 0.493 e. The van der Waals surface area contributed by atoms with E-state index in [2.05, 4.69) is 5.32 Å². The van der Waals surface area contributed by atoms with Gasteiger partial charge in [-0.2, -0.15) is 0 Å². The van der Waals surface area contributed by atoms with Crippen molar-refractivity contribution in [3.63, 3.8) is 0 Å². The summed E-state index contributed by atoms with van der Waals surface area (Å²) in [7, 11) is 1.55. The average Bonchev–Trinajstić information content (AvgIpc) is 2.69. The first-order valence-corrected chi connectivity index (χ1v) is 8.93. The molecule has 0 saturated heterocycles. The van der Waals surface area contributed by atoms with E-state index in [0.717, 1.165) is 5.56 Å². The summed E-state index contributed by atoms with van der Waals surface area (Å²) in [5, 5.41) is 3.64. The van der Waals surface area contributed by atoms with Crippen LogP contribution in [0, 0.1) is 0 Å². The van der Waals surface area contributed by atoms with Crippen LogP contribution in [0.15, 0.2) is 66.7 Å². The smallest absolute Gasteiger partial charge is 0.255 e. The molecule has 6 heteroatoms. The van der Waals surface area contributed by atoms with E-state index in [1.165, 1.54) is 0 Å². The van der Waals surface area contributed by atoms with Crippen molar-refractivity contribution in [2.75, 3.05) is 12.4 Å². The molecule has 1 N–H and O–H groups in total. The van der Waals surface area contributed by atoms with Crippen LogP contribution in [0.1, 0.15) is 15.9 Å². The van der Waals surface area contributed by atoms with Crippen LogP contribution < -0.4 is 14.8 Å². The van der Waals surface area contributed by atoms with Gasteiger partial charge < -0.3 is 14.8 Å². The van der Waals surface area contributed by atoms with Crippen molar-refractivity contribution in [2.24, 2.45) is 0 Å². The number of halogens is 2. The van der Waals surface area contributed by atoms with Gasteiger partial charge in [0.25, 0.3) is 5.91 Å². The van der Waals surface area contributed by atoms with E-state index in [1.54, 1.807) is 43.5 Å². The Kier molecular flexibility index (Phi) is 6.22. The second kappa shape index (κ2) is 8.80. The Morgan fingerprint density at radius 2 is 1.74 bits per heavy atom. The Balaban J connectivity index is 1.79. The summed E-state index contributed by atoms with van der Waals surface area (Å²) in [5.74, 6) is 0.695. The SMILES string of the molecule is COc1ccc(C(=O)Nc2cc(Cl)ccc2Cl)cc1OCc1ccccc1. The zero-order chi connectivity index (χ0) is 19.2. The molecule has 3 aromatic carbocycles. The number of methoxy groups -OCH3 is 1. The van der Waals surface area contributed by atoms with Crippen LogP contribution in [0.3, 0.4) is 0 Å². The quantitative estimate of drug-likeness (QED) is 0.564. The number of anilines is 1. The standard InChI is InChI=1S/C21H17Cl2NO3/c1-26-19-10-7-15(11-20(19)27-13-14-5-3-2-4-6-14)21(25)24-18-12-16(22)8-9-17(18)23/h2-12H,13H2,1H3,(H,24,25). The molecule has 4 nitrogen and oxygen atoms in total. The maximum Gasteiger partial charge on any atom is 0.255 e. The van der Waals surface area contributed by atoms with Crippen LogP contribution in [0.4, 0.5) is 5.69 Å². The fourth-order valence-electron chi connectivity index (χ4n) is 2.45. The summed E-state index contributed by atoms with van der Waals surface area (Å²) in [6.07, 6.45) is 0. The maximum absolute atomic E-state index is 12.6. The lowest BCUT2D eigenvalue weighted by molar-refractivity contribution is 0.102. The van der Waals surface area contributed by atoms with E-state index in [9.17, 15) is 4.79 Å². The summed E-state index contributed by atoms with van der Waals surface area (Å²) >= 11 is 12.1. The summed E-state index contributed by atoms with van der Waals surface area (Å²) in [6.45, 7) is 0.363. The third-order valence-corrected chi connectivity index (χ3v) is 4.40. The first kappa shape index (κ1) is 19.1. The first-order chi connectivity index (χ1) is 13.1. The summed E-state index contributed by atoms with van der Waals surface area (Å²) in [6, 6.07) is 19.6. The number of hydrogen-bond acceptors (Lipinski definition) is 3. The molecular weight excluding hydrogens is 385 g/mol. The number of nitrogens with one attached hydrogen (secondary N) is 1. The fourth-order valence-corrected chi connectivity index (χ4v) is 2.79. The van der Waals surface area contributed by atoms with Gasteiger partial charge in [-0.05, 0) is 42.0 Å². The number of ether oxygens (including phenoxy) is 2. The number of carbonyl (C=O) groups is 1. The molecule has 0 spiro atoms. The topological polar surface area (TPSA) is 47.6 Å². The normalized spacial score (nSPS) is 10.3. The van der Waals surface area contributed by atoms with E-state index in [4.69, 9.17) is 32.7 Å². The third kappa shape index (κ3) is 4.94. The fraction of sp³-hybridized carbons (Fsp3) is 0.0952. The van der Waals surface area contributed by atoms with E-state index in [1.807, 2.05) is 30.3 Å². The van der Waals surface area contributed by atoms with Crippen molar-refractivity contribution in [3.05, 3.63) is 87.9 Å². The third-order valence-electron chi connectivity index (χ3n) is 3.84. The van der Waals surface area contributed by atoms with Gasteiger partial charge in [-0.15, -0.1) is 0 Å². The lowest BCUT2D eigenvalue weighted by Gasteiger charge is -2.13. The van der Waals surface area contributed by atoms with Gasteiger partial charge in [0.1, 0.15) is 6.61 Å². The van der Waals surface area contributed by atoms with Gasteiger partial charge in [0, 0.05) is 10.6 Å². The lowest BCUT2D eigenvalue weighted by atomic mass is 10.1. The van der Waals surface area contributed by atoms with Gasteiger partial charge in [0.2, 0.25) is 0 Å². The second-order valence-electron chi connectivity index (χ2n) is 5.72. The highest BCUT2D eigenvalue weighted by molar-refractivity contribution is 6.35. The molecule has 0 saturated carbocycles. The van der Waals surface area contributed by atoms with Crippen molar-refractivity contribution in [1.82, 2.24) is 0 Å². The number of amides is 1. The highest BCUT2D eigenvalue weighted by atomic mass is 35.5. The first-order valence-electron chi connectivity index (χ1n) is 8.18. The summed E-state index contributed by atoms with van der Waals surface area (Å²) < 4.78 is 11.2. The molecule has 0 fully saturated rings. The van der Waals surface area contributed by atoms with E-state index >= 15 is 0 Å². The van der Waals surface area contributed by atoms with Gasteiger partial charge in [-0.1, -0.05) is 53.5 Å². The number of rotatable bonds is 6. The Labute approximate surface area is 167 Å². The average molecular weight is 402 g/mol. The molecular formula is C21H17Cl2NO3. The number of benzene rings is 3. The molecule has 138 valence electrons. The minimum absolute atomic E-state index is 0.327. The molecule has 0 radical (unpaired) electrons. The minimum Gasteiger partial charge on any atom is -0.493 e. The van der Waals surface area contributed by atoms with Crippen molar-refractivity contribution >= 4 is 34.8 Å². The number of carbonyl (C=O) groups excluding carboxylic acids is 1. The minimum atomic E-state index is -0.327. The van der Waals surface area contributed by atoms with Gasteiger partial charge in [-0.25, -0.2) is 0 Å². The molecule has 0 atom stereocenters. The Hall–Kier alpha value is -2.69. The van der Waals surface area contributed by atoms with Gasteiger partial charge in [0.05, 0.1) is 17.8 Å². The summed E-state index contributed by atoms with van der Waals surface area (Å²) in [4.78, 5) is 12.6.